The zero-order valence-corrected chi connectivity index (χ0v) is 8.23. The van der Waals surface area contributed by atoms with Crippen LogP contribution in [0.1, 0.15) is 19.3 Å². The summed E-state index contributed by atoms with van der Waals surface area (Å²) in [4.78, 5) is 10.1. The summed E-state index contributed by atoms with van der Waals surface area (Å²) >= 11 is 0. The Morgan fingerprint density at radius 1 is 1.36 bits per heavy atom. The highest BCUT2D eigenvalue weighted by molar-refractivity contribution is 5.30. The molecule has 1 fully saturated rings. The van der Waals surface area contributed by atoms with Gasteiger partial charge in [0, 0.05) is 19.4 Å². The maximum absolute atomic E-state index is 13.4. The van der Waals surface area contributed by atoms with Crippen molar-refractivity contribution in [1.82, 2.24) is 9.97 Å². The Morgan fingerprint density at radius 2 is 2.07 bits per heavy atom. The third-order valence-corrected chi connectivity index (χ3v) is 2.76. The maximum Gasteiger partial charge on any atom is 0.225 e. The fraction of sp³-hybridized carbons (Fsp3) is 0.600. The van der Waals surface area contributed by atoms with E-state index < -0.39 is 6.17 Å². The first-order chi connectivity index (χ1) is 6.79. The van der Waals surface area contributed by atoms with E-state index in [1.165, 1.54) is 0 Å². The fourth-order valence-corrected chi connectivity index (χ4v) is 1.95. The highest BCUT2D eigenvalue weighted by Gasteiger charge is 2.31. The van der Waals surface area contributed by atoms with E-state index >= 15 is 0 Å². The van der Waals surface area contributed by atoms with Crippen molar-refractivity contribution in [3.8, 4) is 0 Å². The second kappa shape index (κ2) is 3.90. The molecule has 0 amide bonds. The summed E-state index contributed by atoms with van der Waals surface area (Å²) in [5.74, 6) is 0.613. The Labute approximate surface area is 83.0 Å². The number of hydrogen-bond acceptors (Lipinski definition) is 3. The number of aromatic nitrogens is 2. The van der Waals surface area contributed by atoms with Crippen LogP contribution in [0.15, 0.2) is 18.5 Å². The Morgan fingerprint density at radius 3 is 2.64 bits per heavy atom. The van der Waals surface area contributed by atoms with Crippen molar-refractivity contribution in [2.45, 2.75) is 31.5 Å². The average Bonchev–Trinajstić information content (AvgIpc) is 2.65. The van der Waals surface area contributed by atoms with Gasteiger partial charge < -0.3 is 4.90 Å². The number of rotatable bonds is 2. The number of anilines is 1. The molecule has 76 valence electrons. The van der Waals surface area contributed by atoms with Crippen LogP contribution in [0.25, 0.3) is 0 Å². The lowest BCUT2D eigenvalue weighted by atomic mass is 10.2. The SMILES string of the molecule is CN(c1ncccn1)C1CCCC1F. The quantitative estimate of drug-likeness (QED) is 0.720. The first kappa shape index (κ1) is 9.37. The van der Waals surface area contributed by atoms with E-state index in [9.17, 15) is 4.39 Å². The van der Waals surface area contributed by atoms with Gasteiger partial charge in [-0.05, 0) is 25.3 Å². The lowest BCUT2D eigenvalue weighted by Gasteiger charge is -2.25. The lowest BCUT2D eigenvalue weighted by molar-refractivity contribution is 0.306. The molecule has 0 aromatic carbocycles. The van der Waals surface area contributed by atoms with Crippen LogP contribution < -0.4 is 4.90 Å². The molecule has 1 heterocycles. The summed E-state index contributed by atoms with van der Waals surface area (Å²) in [6.45, 7) is 0. The van der Waals surface area contributed by atoms with Crippen LogP contribution in [0.5, 0.6) is 0 Å². The number of nitrogens with zero attached hydrogens (tertiary/aromatic N) is 3. The zero-order chi connectivity index (χ0) is 9.97. The summed E-state index contributed by atoms with van der Waals surface area (Å²) in [7, 11) is 1.86. The largest absolute Gasteiger partial charge is 0.338 e. The van der Waals surface area contributed by atoms with Crippen LogP contribution >= 0.6 is 0 Å². The third kappa shape index (κ3) is 1.69. The van der Waals surface area contributed by atoms with E-state index in [4.69, 9.17) is 0 Å². The van der Waals surface area contributed by atoms with Gasteiger partial charge >= 0.3 is 0 Å². The molecule has 1 aliphatic carbocycles. The van der Waals surface area contributed by atoms with Gasteiger partial charge in [-0.1, -0.05) is 0 Å². The highest BCUT2D eigenvalue weighted by Crippen LogP contribution is 2.27. The second-order valence-electron chi connectivity index (χ2n) is 3.67. The first-order valence-corrected chi connectivity index (χ1v) is 4.93. The molecule has 2 atom stereocenters. The monoisotopic (exact) mass is 195 g/mol. The van der Waals surface area contributed by atoms with Crippen molar-refractivity contribution in [3.63, 3.8) is 0 Å². The van der Waals surface area contributed by atoms with E-state index in [0.717, 1.165) is 12.8 Å². The van der Waals surface area contributed by atoms with Gasteiger partial charge in [-0.2, -0.15) is 0 Å². The Bertz CT molecular complexity index is 291. The van der Waals surface area contributed by atoms with Gasteiger partial charge in [-0.15, -0.1) is 0 Å². The molecule has 2 rings (SSSR count). The van der Waals surface area contributed by atoms with Gasteiger partial charge in [0.25, 0.3) is 0 Å². The molecular formula is C10H14FN3. The summed E-state index contributed by atoms with van der Waals surface area (Å²) in [5.41, 5.74) is 0. The topological polar surface area (TPSA) is 29.0 Å². The van der Waals surface area contributed by atoms with Crippen LogP contribution in [0.2, 0.25) is 0 Å². The van der Waals surface area contributed by atoms with Crippen molar-refractivity contribution in [3.05, 3.63) is 18.5 Å². The first-order valence-electron chi connectivity index (χ1n) is 4.93. The molecule has 0 aliphatic heterocycles. The van der Waals surface area contributed by atoms with Crippen molar-refractivity contribution < 1.29 is 4.39 Å². The Kier molecular flexibility index (Phi) is 2.61. The highest BCUT2D eigenvalue weighted by atomic mass is 19.1. The van der Waals surface area contributed by atoms with E-state index in [1.807, 2.05) is 11.9 Å². The van der Waals surface area contributed by atoms with Gasteiger partial charge in [-0.3, -0.25) is 0 Å². The molecule has 2 unspecified atom stereocenters. The summed E-state index contributed by atoms with van der Waals surface area (Å²) in [6, 6.07) is 1.72. The summed E-state index contributed by atoms with van der Waals surface area (Å²) in [5, 5.41) is 0. The molecule has 1 aromatic rings. The molecule has 1 saturated carbocycles. The molecule has 0 radical (unpaired) electrons. The summed E-state index contributed by atoms with van der Waals surface area (Å²) in [6.07, 6.45) is 5.16. The molecule has 3 nitrogen and oxygen atoms in total. The minimum atomic E-state index is -0.733. The Balaban J connectivity index is 2.12. The minimum absolute atomic E-state index is 0.0441. The van der Waals surface area contributed by atoms with Crippen LogP contribution in [0, 0.1) is 0 Å². The third-order valence-electron chi connectivity index (χ3n) is 2.76. The summed E-state index contributed by atoms with van der Waals surface area (Å²) < 4.78 is 13.4. The van der Waals surface area contributed by atoms with Crippen molar-refractivity contribution in [2.75, 3.05) is 11.9 Å². The van der Waals surface area contributed by atoms with E-state index in [1.54, 1.807) is 18.5 Å². The molecule has 1 aliphatic rings. The van der Waals surface area contributed by atoms with Gasteiger partial charge in [0.2, 0.25) is 5.95 Å². The zero-order valence-electron chi connectivity index (χ0n) is 8.23. The predicted octanol–water partition coefficient (Wildman–Crippen LogP) is 1.80. The van der Waals surface area contributed by atoms with Gasteiger partial charge in [0.1, 0.15) is 6.17 Å². The average molecular weight is 195 g/mol. The normalized spacial score (nSPS) is 26.4. The van der Waals surface area contributed by atoms with Crippen LogP contribution in [-0.2, 0) is 0 Å². The molecule has 0 spiro atoms. The van der Waals surface area contributed by atoms with E-state index in [2.05, 4.69) is 9.97 Å². The Hall–Kier alpha value is -1.19. The molecule has 14 heavy (non-hydrogen) atoms. The van der Waals surface area contributed by atoms with Gasteiger partial charge in [-0.25, -0.2) is 14.4 Å². The van der Waals surface area contributed by atoms with E-state index in [0.29, 0.717) is 12.4 Å². The molecule has 4 heteroatoms. The van der Waals surface area contributed by atoms with Gasteiger partial charge in [0.05, 0.1) is 6.04 Å². The van der Waals surface area contributed by atoms with Crippen molar-refractivity contribution in [2.24, 2.45) is 0 Å². The van der Waals surface area contributed by atoms with Crippen LogP contribution in [0.4, 0.5) is 10.3 Å². The molecule has 1 aromatic heterocycles. The maximum atomic E-state index is 13.4. The smallest absolute Gasteiger partial charge is 0.225 e. The second-order valence-corrected chi connectivity index (χ2v) is 3.67. The number of halogens is 1. The van der Waals surface area contributed by atoms with E-state index in [-0.39, 0.29) is 6.04 Å². The lowest BCUT2D eigenvalue weighted by Crippen LogP contribution is -2.36. The molecular weight excluding hydrogens is 181 g/mol. The fourth-order valence-electron chi connectivity index (χ4n) is 1.95. The minimum Gasteiger partial charge on any atom is -0.338 e. The molecule has 0 saturated heterocycles. The predicted molar refractivity (Wildman–Crippen MR) is 53.0 cm³/mol. The number of hydrogen-bond donors (Lipinski definition) is 0. The molecule has 0 bridgehead atoms. The molecule has 0 N–H and O–H groups in total. The van der Waals surface area contributed by atoms with Crippen molar-refractivity contribution >= 4 is 5.95 Å². The van der Waals surface area contributed by atoms with Crippen molar-refractivity contribution in [1.29, 1.82) is 0 Å². The van der Waals surface area contributed by atoms with Gasteiger partial charge in [0.15, 0.2) is 0 Å². The number of alkyl halides is 1. The standard InChI is InChI=1S/C10H14FN3/c1-14(9-5-2-4-8(9)11)10-12-6-3-7-13-10/h3,6-9H,2,4-5H2,1H3. The van der Waals surface area contributed by atoms with Crippen LogP contribution in [-0.4, -0.2) is 29.2 Å². The van der Waals surface area contributed by atoms with Crippen LogP contribution in [0.3, 0.4) is 0 Å².